The molecule has 0 radical (unpaired) electrons. The first kappa shape index (κ1) is 20.6. The highest BCUT2D eigenvalue weighted by molar-refractivity contribution is 7.88. The summed E-state index contributed by atoms with van der Waals surface area (Å²) in [4.78, 5) is 12.1. The van der Waals surface area contributed by atoms with Gasteiger partial charge >= 0.3 is 0 Å². The van der Waals surface area contributed by atoms with Crippen molar-refractivity contribution in [3.8, 4) is 0 Å². The Balaban J connectivity index is 2.66. The van der Waals surface area contributed by atoms with Gasteiger partial charge in [-0.25, -0.2) is 8.42 Å². The van der Waals surface area contributed by atoms with Gasteiger partial charge in [-0.1, -0.05) is 39.8 Å². The smallest absolute Gasteiger partial charge is 0.225 e. The van der Waals surface area contributed by atoms with Gasteiger partial charge in [-0.3, -0.25) is 4.79 Å². The normalized spacial score (nSPS) is 13.8. The van der Waals surface area contributed by atoms with Crippen molar-refractivity contribution in [3.63, 3.8) is 0 Å². The Kier molecular flexibility index (Phi) is 6.98. The van der Waals surface area contributed by atoms with Crippen LogP contribution in [0.25, 0.3) is 0 Å². The van der Waals surface area contributed by atoms with E-state index in [0.29, 0.717) is 6.42 Å². The van der Waals surface area contributed by atoms with Gasteiger partial charge in [0.15, 0.2) is 0 Å². The van der Waals surface area contributed by atoms with Crippen LogP contribution in [-0.4, -0.2) is 37.5 Å². The summed E-state index contributed by atoms with van der Waals surface area (Å²) < 4.78 is 25.0. The van der Waals surface area contributed by atoms with Gasteiger partial charge in [-0.2, -0.15) is 4.31 Å². The van der Waals surface area contributed by atoms with Gasteiger partial charge in [0.1, 0.15) is 0 Å². The fourth-order valence-corrected chi connectivity index (χ4v) is 3.63. The molecule has 1 amide bonds. The van der Waals surface area contributed by atoms with E-state index in [2.05, 4.69) is 26.1 Å². The van der Waals surface area contributed by atoms with Crippen LogP contribution < -0.4 is 5.32 Å². The van der Waals surface area contributed by atoms with Crippen molar-refractivity contribution in [2.75, 3.05) is 18.1 Å². The lowest BCUT2D eigenvalue weighted by Crippen LogP contribution is -2.39. The molecule has 0 aliphatic heterocycles. The number of hydrogen-bond acceptors (Lipinski definition) is 3. The van der Waals surface area contributed by atoms with Gasteiger partial charge in [0.2, 0.25) is 15.9 Å². The van der Waals surface area contributed by atoms with Gasteiger partial charge in [-0.05, 0) is 36.5 Å². The molecule has 1 aromatic rings. The topological polar surface area (TPSA) is 66.5 Å². The number of hydrogen-bond donors (Lipinski definition) is 1. The summed E-state index contributed by atoms with van der Waals surface area (Å²) in [6.45, 7) is 10.4. The fourth-order valence-electron chi connectivity index (χ4n) is 2.41. The average molecular weight is 355 g/mol. The average Bonchev–Trinajstić information content (AvgIpc) is 2.45. The number of nitrogens with zero attached hydrogens (tertiary/aromatic N) is 1. The first-order valence-corrected chi connectivity index (χ1v) is 10.2. The summed E-state index contributed by atoms with van der Waals surface area (Å²) in [6, 6.07) is 7.64. The lowest BCUT2D eigenvalue weighted by atomic mass is 9.87. The van der Waals surface area contributed by atoms with Crippen molar-refractivity contribution in [2.24, 2.45) is 0 Å². The minimum Gasteiger partial charge on any atom is -0.326 e. The molecule has 0 saturated carbocycles. The maximum absolute atomic E-state index is 12.1. The third-order valence-electron chi connectivity index (χ3n) is 4.10. The van der Waals surface area contributed by atoms with Gasteiger partial charge in [0.25, 0.3) is 0 Å². The highest BCUT2D eigenvalue weighted by atomic mass is 32.2. The molecule has 0 fully saturated rings. The van der Waals surface area contributed by atoms with Crippen molar-refractivity contribution in [1.29, 1.82) is 0 Å². The molecule has 24 heavy (non-hydrogen) atoms. The number of carbonyl (C=O) groups excluding carboxylic acids is 1. The van der Waals surface area contributed by atoms with E-state index in [4.69, 9.17) is 0 Å². The molecule has 1 aromatic carbocycles. The Labute approximate surface area is 146 Å². The Bertz CT molecular complexity index is 646. The summed E-state index contributed by atoms with van der Waals surface area (Å²) >= 11 is 0. The van der Waals surface area contributed by atoms with Crippen LogP contribution in [0.3, 0.4) is 0 Å². The summed E-state index contributed by atoms with van der Waals surface area (Å²) in [7, 11) is -3.31. The zero-order chi connectivity index (χ0) is 18.5. The van der Waals surface area contributed by atoms with Crippen LogP contribution in [0.4, 0.5) is 5.69 Å². The standard InChI is InChI=1S/C18H30N2O3S/c1-7-14(2)20(24(6,22)23)13-12-17(21)19-16-10-8-15(9-11-16)18(3,4)5/h8-11,14H,7,12-13H2,1-6H3,(H,19,21). The minimum atomic E-state index is -3.31. The van der Waals surface area contributed by atoms with Crippen LogP contribution in [0.1, 0.15) is 53.0 Å². The molecule has 0 heterocycles. The van der Waals surface area contributed by atoms with Gasteiger partial charge in [-0.15, -0.1) is 0 Å². The van der Waals surface area contributed by atoms with E-state index < -0.39 is 10.0 Å². The molecule has 0 aliphatic rings. The monoisotopic (exact) mass is 354 g/mol. The van der Waals surface area contributed by atoms with Gasteiger partial charge < -0.3 is 5.32 Å². The minimum absolute atomic E-state index is 0.0643. The molecule has 0 aromatic heterocycles. The van der Waals surface area contributed by atoms with E-state index in [1.54, 1.807) is 0 Å². The molecule has 1 atom stereocenters. The van der Waals surface area contributed by atoms with E-state index in [0.717, 1.165) is 5.69 Å². The number of carbonyl (C=O) groups is 1. The van der Waals surface area contributed by atoms with E-state index >= 15 is 0 Å². The SMILES string of the molecule is CCC(C)N(CCC(=O)Nc1ccc(C(C)(C)C)cc1)S(C)(=O)=O. The van der Waals surface area contributed by atoms with Crippen LogP contribution in [0.15, 0.2) is 24.3 Å². The molecule has 0 saturated heterocycles. The first-order chi connectivity index (χ1) is 10.9. The van der Waals surface area contributed by atoms with Crippen LogP contribution in [0.2, 0.25) is 0 Å². The Morgan fingerprint density at radius 1 is 1.21 bits per heavy atom. The third kappa shape index (κ3) is 6.24. The van der Waals surface area contributed by atoms with Gasteiger partial charge in [0.05, 0.1) is 6.26 Å². The third-order valence-corrected chi connectivity index (χ3v) is 5.50. The number of anilines is 1. The highest BCUT2D eigenvalue weighted by Crippen LogP contribution is 2.23. The fraction of sp³-hybridized carbons (Fsp3) is 0.611. The zero-order valence-corrected chi connectivity index (χ0v) is 16.4. The maximum Gasteiger partial charge on any atom is 0.225 e. The molecule has 136 valence electrons. The molecule has 1 N–H and O–H groups in total. The summed E-state index contributed by atoms with van der Waals surface area (Å²) in [5.41, 5.74) is 1.98. The van der Waals surface area contributed by atoms with Crippen LogP contribution >= 0.6 is 0 Å². The molecule has 0 bridgehead atoms. The second-order valence-corrected chi connectivity index (χ2v) is 9.19. The van der Waals surface area contributed by atoms with E-state index in [9.17, 15) is 13.2 Å². The van der Waals surface area contributed by atoms with Crippen molar-refractivity contribution in [1.82, 2.24) is 4.31 Å². The zero-order valence-electron chi connectivity index (χ0n) is 15.6. The summed E-state index contributed by atoms with van der Waals surface area (Å²) in [5, 5.41) is 2.82. The number of sulfonamides is 1. The van der Waals surface area contributed by atoms with Crippen LogP contribution in [0, 0.1) is 0 Å². The quantitative estimate of drug-likeness (QED) is 0.816. The molecule has 5 nitrogen and oxygen atoms in total. The maximum atomic E-state index is 12.1. The molecule has 1 unspecified atom stereocenters. The van der Waals surface area contributed by atoms with Crippen molar-refractivity contribution >= 4 is 21.6 Å². The first-order valence-electron chi connectivity index (χ1n) is 8.32. The van der Waals surface area contributed by atoms with E-state index in [1.807, 2.05) is 38.1 Å². The van der Waals surface area contributed by atoms with E-state index in [1.165, 1.54) is 16.1 Å². The predicted octanol–water partition coefficient (Wildman–Crippen LogP) is 3.37. The molecule has 6 heteroatoms. The molecular formula is C18H30N2O3S. The molecule has 0 aliphatic carbocycles. The number of rotatable bonds is 7. The number of nitrogens with one attached hydrogen (secondary N) is 1. The summed E-state index contributed by atoms with van der Waals surface area (Å²) in [5.74, 6) is -0.185. The van der Waals surface area contributed by atoms with Crippen molar-refractivity contribution in [2.45, 2.75) is 58.9 Å². The van der Waals surface area contributed by atoms with Crippen molar-refractivity contribution in [3.05, 3.63) is 29.8 Å². The Morgan fingerprint density at radius 3 is 2.17 bits per heavy atom. The molecule has 0 spiro atoms. The second kappa shape index (κ2) is 8.12. The summed E-state index contributed by atoms with van der Waals surface area (Å²) in [6.07, 6.45) is 2.03. The highest BCUT2D eigenvalue weighted by Gasteiger charge is 2.22. The number of amides is 1. The lowest BCUT2D eigenvalue weighted by molar-refractivity contribution is -0.116. The van der Waals surface area contributed by atoms with E-state index in [-0.39, 0.29) is 30.3 Å². The van der Waals surface area contributed by atoms with Crippen molar-refractivity contribution < 1.29 is 13.2 Å². The molecule has 1 rings (SSSR count). The number of benzene rings is 1. The van der Waals surface area contributed by atoms with Gasteiger partial charge in [0, 0.05) is 24.7 Å². The largest absolute Gasteiger partial charge is 0.326 e. The lowest BCUT2D eigenvalue weighted by Gasteiger charge is -2.25. The second-order valence-electron chi connectivity index (χ2n) is 7.26. The Morgan fingerprint density at radius 2 is 1.75 bits per heavy atom. The van der Waals surface area contributed by atoms with Crippen LogP contribution in [-0.2, 0) is 20.2 Å². The Hall–Kier alpha value is -1.40. The predicted molar refractivity (Wildman–Crippen MR) is 99.7 cm³/mol. The van der Waals surface area contributed by atoms with Crippen LogP contribution in [0.5, 0.6) is 0 Å². The molecular weight excluding hydrogens is 324 g/mol.